The molecule has 2 heteroatoms. The topological polar surface area (TPSA) is 9.23 Å². The number of rotatable bonds is 8. The number of fused-ring (bicyclic) bond motifs is 3. The van der Waals surface area contributed by atoms with Crippen LogP contribution >= 0.6 is 0 Å². The Hall–Kier alpha value is -1.90. The molecule has 1 aliphatic heterocycles. The number of ether oxygens (including phenoxy) is 1. The van der Waals surface area contributed by atoms with Crippen LogP contribution in [-0.2, 0) is 4.74 Å². The van der Waals surface area contributed by atoms with Gasteiger partial charge in [0.25, 0.3) is 0 Å². The molecule has 31 heavy (non-hydrogen) atoms. The van der Waals surface area contributed by atoms with Crippen molar-refractivity contribution in [3.8, 4) is 11.1 Å². The van der Waals surface area contributed by atoms with Gasteiger partial charge in [0.15, 0.2) is 0 Å². The highest BCUT2D eigenvalue weighted by molar-refractivity contribution is 6.99. The van der Waals surface area contributed by atoms with Gasteiger partial charge in [0.1, 0.15) is 8.07 Å². The maximum absolute atomic E-state index is 5.84. The molecule has 0 amide bonds. The molecule has 0 saturated carbocycles. The van der Waals surface area contributed by atoms with Crippen LogP contribution in [0.3, 0.4) is 0 Å². The molecule has 0 fully saturated rings. The van der Waals surface area contributed by atoms with Gasteiger partial charge in [0, 0.05) is 12.1 Å². The summed E-state index contributed by atoms with van der Waals surface area (Å²) in [6.45, 7) is 9.94. The van der Waals surface area contributed by atoms with Gasteiger partial charge in [-0.15, -0.1) is 0 Å². The van der Waals surface area contributed by atoms with Crippen molar-refractivity contribution in [2.75, 3.05) is 6.61 Å². The smallest absolute Gasteiger partial charge is 0.106 e. The first-order valence-electron chi connectivity index (χ1n) is 12.1. The van der Waals surface area contributed by atoms with Crippen molar-refractivity contribution >= 4 is 13.3 Å². The van der Waals surface area contributed by atoms with Gasteiger partial charge in [-0.05, 0) is 67.8 Å². The average Bonchev–Trinajstić information content (AvgIpc) is 3.34. The first-order valence-corrected chi connectivity index (χ1v) is 14.8. The fraction of sp³-hybridized carbons (Fsp3) is 0.448. The number of hydrogen-bond acceptors (Lipinski definition) is 1. The van der Waals surface area contributed by atoms with Crippen molar-refractivity contribution in [1.82, 2.24) is 0 Å². The zero-order valence-corrected chi connectivity index (χ0v) is 20.6. The van der Waals surface area contributed by atoms with E-state index < -0.39 is 8.07 Å². The Balaban J connectivity index is 1.22. The summed E-state index contributed by atoms with van der Waals surface area (Å²) in [5.74, 6) is 0. The second-order valence-electron chi connectivity index (χ2n) is 10.8. The minimum atomic E-state index is -1.62. The lowest BCUT2D eigenvalue weighted by atomic mass is 10.1. The molecule has 162 valence electrons. The molecule has 2 aromatic rings. The van der Waals surface area contributed by atoms with Gasteiger partial charge in [0.05, 0.1) is 5.60 Å². The molecular formula is C29H36OSi. The van der Waals surface area contributed by atoms with E-state index >= 15 is 0 Å². The molecule has 1 heterocycles. The minimum absolute atomic E-state index is 0.00476. The summed E-state index contributed by atoms with van der Waals surface area (Å²) >= 11 is 0. The third-order valence-electron chi connectivity index (χ3n) is 7.64. The summed E-state index contributed by atoms with van der Waals surface area (Å²) in [6.07, 6.45) is 13.9. The normalized spacial score (nSPS) is 25.2. The van der Waals surface area contributed by atoms with Crippen LogP contribution in [0.2, 0.25) is 12.1 Å². The fourth-order valence-electron chi connectivity index (χ4n) is 6.07. The van der Waals surface area contributed by atoms with Crippen LogP contribution in [0.5, 0.6) is 0 Å². The summed E-state index contributed by atoms with van der Waals surface area (Å²) in [7, 11) is -1.62. The third-order valence-corrected chi connectivity index (χ3v) is 12.8. The van der Waals surface area contributed by atoms with Crippen LogP contribution in [-0.4, -0.2) is 20.3 Å². The first kappa shape index (κ1) is 21.0. The van der Waals surface area contributed by atoms with Gasteiger partial charge in [-0.1, -0.05) is 90.8 Å². The molecule has 0 bridgehead atoms. The van der Waals surface area contributed by atoms with Crippen LogP contribution < -0.4 is 5.19 Å². The summed E-state index contributed by atoms with van der Waals surface area (Å²) in [6, 6.07) is 16.2. The lowest BCUT2D eigenvalue weighted by molar-refractivity contribution is -0.00473. The maximum Gasteiger partial charge on any atom is 0.106 e. The second kappa shape index (κ2) is 7.90. The molecule has 0 spiro atoms. The SMILES string of the molecule is CC(C)(C)OCCCCCCC1=CC([Si]2(C)c3cccc4c3C2c2ccccc2-4)C=C1. The zero-order valence-electron chi connectivity index (χ0n) is 19.6. The summed E-state index contributed by atoms with van der Waals surface area (Å²) in [4.78, 5) is 0. The van der Waals surface area contributed by atoms with E-state index in [1.54, 1.807) is 21.9 Å². The van der Waals surface area contributed by atoms with E-state index in [2.05, 4.69) is 88.0 Å². The molecular weight excluding hydrogens is 392 g/mol. The molecule has 0 aromatic heterocycles. The molecule has 3 aliphatic rings. The Kier molecular flexibility index (Phi) is 5.34. The molecule has 3 atom stereocenters. The number of unbranched alkanes of at least 4 members (excludes halogenated alkanes) is 3. The molecule has 5 rings (SSSR count). The van der Waals surface area contributed by atoms with Crippen molar-refractivity contribution in [1.29, 1.82) is 0 Å². The first-order chi connectivity index (χ1) is 14.9. The van der Waals surface area contributed by atoms with Gasteiger partial charge >= 0.3 is 0 Å². The summed E-state index contributed by atoms with van der Waals surface area (Å²) < 4.78 is 5.84. The highest BCUT2D eigenvalue weighted by Crippen LogP contribution is 2.58. The molecule has 0 N–H and O–H groups in total. The second-order valence-corrected chi connectivity index (χ2v) is 15.2. The highest BCUT2D eigenvalue weighted by atomic mass is 28.3. The Bertz CT molecular complexity index is 1040. The Morgan fingerprint density at radius 1 is 0.903 bits per heavy atom. The van der Waals surface area contributed by atoms with Crippen LogP contribution in [0, 0.1) is 0 Å². The lowest BCUT2D eigenvalue weighted by Gasteiger charge is -2.49. The maximum atomic E-state index is 5.84. The van der Waals surface area contributed by atoms with Crippen molar-refractivity contribution < 1.29 is 4.74 Å². The predicted octanol–water partition coefficient (Wildman–Crippen LogP) is 7.27. The fourth-order valence-corrected chi connectivity index (χ4v) is 11.1. The van der Waals surface area contributed by atoms with Crippen molar-refractivity contribution in [2.24, 2.45) is 0 Å². The minimum Gasteiger partial charge on any atom is -0.376 e. The predicted molar refractivity (Wildman–Crippen MR) is 135 cm³/mol. The van der Waals surface area contributed by atoms with Gasteiger partial charge in [-0.3, -0.25) is 0 Å². The summed E-state index contributed by atoms with van der Waals surface area (Å²) in [5, 5.41) is 1.71. The standard InChI is InChI=1S/C29H36OSi/c1-29(2,3)30-19-10-6-5-7-12-21-17-18-22(20-21)31(4)26-16-11-15-24-23-13-8-9-14-25(23)28(31)27(24)26/h8-9,11,13-18,20,22,28H,5-7,10,12,19H2,1-4H3. The lowest BCUT2D eigenvalue weighted by Crippen LogP contribution is -2.63. The number of allylic oxidation sites excluding steroid dienone is 4. The van der Waals surface area contributed by atoms with E-state index in [0.29, 0.717) is 11.1 Å². The van der Waals surface area contributed by atoms with Crippen LogP contribution in [0.4, 0.5) is 0 Å². The Labute approximate surface area is 189 Å². The third kappa shape index (κ3) is 3.58. The van der Waals surface area contributed by atoms with E-state index in [1.165, 1.54) is 43.2 Å². The van der Waals surface area contributed by atoms with Crippen LogP contribution in [0.1, 0.15) is 69.5 Å². The Morgan fingerprint density at radius 3 is 2.52 bits per heavy atom. The van der Waals surface area contributed by atoms with Crippen LogP contribution in [0.25, 0.3) is 11.1 Å². The molecule has 0 saturated heterocycles. The monoisotopic (exact) mass is 428 g/mol. The van der Waals surface area contributed by atoms with Crippen molar-refractivity contribution in [3.63, 3.8) is 0 Å². The van der Waals surface area contributed by atoms with Gasteiger partial charge in [0.2, 0.25) is 0 Å². The van der Waals surface area contributed by atoms with Crippen molar-refractivity contribution in [2.45, 2.75) is 76.1 Å². The van der Waals surface area contributed by atoms with E-state index in [4.69, 9.17) is 4.74 Å². The molecule has 0 radical (unpaired) electrons. The van der Waals surface area contributed by atoms with E-state index in [-0.39, 0.29) is 5.60 Å². The molecule has 3 unspecified atom stereocenters. The Morgan fingerprint density at radius 2 is 1.68 bits per heavy atom. The summed E-state index contributed by atoms with van der Waals surface area (Å²) in [5.41, 5.74) is 9.13. The van der Waals surface area contributed by atoms with Gasteiger partial charge < -0.3 is 4.74 Å². The van der Waals surface area contributed by atoms with Crippen molar-refractivity contribution in [3.05, 3.63) is 77.4 Å². The van der Waals surface area contributed by atoms with Gasteiger partial charge in [-0.25, -0.2) is 0 Å². The number of benzene rings is 2. The molecule has 1 nitrogen and oxygen atoms in total. The highest BCUT2D eigenvalue weighted by Gasteiger charge is 2.58. The van der Waals surface area contributed by atoms with E-state index in [1.807, 2.05) is 0 Å². The average molecular weight is 429 g/mol. The molecule has 2 aromatic carbocycles. The number of hydrogen-bond donors (Lipinski definition) is 0. The van der Waals surface area contributed by atoms with Crippen LogP contribution in [0.15, 0.2) is 66.3 Å². The van der Waals surface area contributed by atoms with E-state index in [9.17, 15) is 0 Å². The largest absolute Gasteiger partial charge is 0.376 e. The quantitative estimate of drug-likeness (QED) is 0.317. The zero-order chi connectivity index (χ0) is 21.6. The molecule has 2 aliphatic carbocycles. The van der Waals surface area contributed by atoms with Gasteiger partial charge in [-0.2, -0.15) is 0 Å². The van der Waals surface area contributed by atoms with E-state index in [0.717, 1.165) is 6.61 Å².